The van der Waals surface area contributed by atoms with Crippen LogP contribution in [0, 0.1) is 5.92 Å². The molecule has 2 aliphatic rings. The lowest BCUT2D eigenvalue weighted by Crippen LogP contribution is -2.40. The zero-order valence-electron chi connectivity index (χ0n) is 19.4. The number of amides is 1. The van der Waals surface area contributed by atoms with E-state index >= 15 is 0 Å². The summed E-state index contributed by atoms with van der Waals surface area (Å²) in [7, 11) is 0. The number of nitrogens with zero attached hydrogens (tertiary/aromatic N) is 2. The maximum Gasteiger partial charge on any atom is 0.223 e. The number of carbonyl (C=O) groups excluding carboxylic acids is 1. The number of likely N-dealkylation sites (tertiary alicyclic amines) is 2. The van der Waals surface area contributed by atoms with E-state index in [2.05, 4.69) is 57.6 Å². The number of hydrogen-bond donors (Lipinski definition) is 1. The van der Waals surface area contributed by atoms with Crippen LogP contribution >= 0.6 is 0 Å². The van der Waals surface area contributed by atoms with Crippen LogP contribution in [0.1, 0.15) is 49.3 Å². The lowest BCUT2D eigenvalue weighted by Gasteiger charge is -2.31. The fraction of sp³-hybridized carbons (Fsp3) is 0.519. The molecule has 2 heterocycles. The van der Waals surface area contributed by atoms with Crippen molar-refractivity contribution in [3.8, 4) is 5.75 Å². The highest BCUT2D eigenvalue weighted by atomic mass is 16.5. The first-order chi connectivity index (χ1) is 15.7. The summed E-state index contributed by atoms with van der Waals surface area (Å²) < 4.78 is 5.61. The van der Waals surface area contributed by atoms with Crippen molar-refractivity contribution in [2.45, 2.75) is 52.2 Å². The Kier molecular flexibility index (Phi) is 8.18. The highest BCUT2D eigenvalue weighted by Gasteiger charge is 2.24. The molecule has 0 saturated carbocycles. The molecule has 32 heavy (non-hydrogen) atoms. The van der Waals surface area contributed by atoms with Gasteiger partial charge in [0, 0.05) is 25.6 Å². The van der Waals surface area contributed by atoms with Crippen LogP contribution in [-0.4, -0.2) is 48.5 Å². The first-order valence-electron chi connectivity index (χ1n) is 12.2. The molecule has 0 aliphatic carbocycles. The van der Waals surface area contributed by atoms with Crippen molar-refractivity contribution in [1.82, 2.24) is 15.1 Å². The number of benzene rings is 2. The van der Waals surface area contributed by atoms with Crippen molar-refractivity contribution >= 4 is 5.91 Å². The van der Waals surface area contributed by atoms with E-state index in [9.17, 15) is 4.79 Å². The van der Waals surface area contributed by atoms with Gasteiger partial charge in [-0.2, -0.15) is 0 Å². The molecule has 1 N–H and O–H groups in total. The van der Waals surface area contributed by atoms with Crippen molar-refractivity contribution < 1.29 is 9.53 Å². The third-order valence-electron chi connectivity index (χ3n) is 6.67. The minimum Gasteiger partial charge on any atom is -0.494 e. The third-order valence-corrected chi connectivity index (χ3v) is 6.67. The second kappa shape index (κ2) is 11.5. The first-order valence-corrected chi connectivity index (χ1v) is 12.2. The number of hydrogen-bond acceptors (Lipinski definition) is 4. The maximum atomic E-state index is 12.7. The van der Waals surface area contributed by atoms with E-state index in [1.54, 1.807) is 0 Å². The van der Waals surface area contributed by atoms with Gasteiger partial charge in [-0.05, 0) is 87.6 Å². The molecule has 0 atom stereocenters. The Bertz CT molecular complexity index is 853. The molecule has 172 valence electrons. The van der Waals surface area contributed by atoms with E-state index in [-0.39, 0.29) is 11.8 Å². The maximum absolute atomic E-state index is 12.7. The highest BCUT2D eigenvalue weighted by molar-refractivity contribution is 5.78. The fourth-order valence-corrected chi connectivity index (χ4v) is 4.81. The van der Waals surface area contributed by atoms with Gasteiger partial charge in [0.15, 0.2) is 0 Å². The van der Waals surface area contributed by atoms with Gasteiger partial charge in [0.1, 0.15) is 5.75 Å². The summed E-state index contributed by atoms with van der Waals surface area (Å²) in [5.74, 6) is 1.25. The molecule has 0 bridgehead atoms. The highest BCUT2D eigenvalue weighted by Crippen LogP contribution is 2.21. The number of piperidine rings is 1. The topological polar surface area (TPSA) is 44.8 Å². The van der Waals surface area contributed by atoms with Crippen LogP contribution in [0.4, 0.5) is 0 Å². The van der Waals surface area contributed by atoms with Gasteiger partial charge in [-0.15, -0.1) is 0 Å². The Labute approximate surface area is 192 Å². The monoisotopic (exact) mass is 435 g/mol. The predicted octanol–water partition coefficient (Wildman–Crippen LogP) is 4.21. The summed E-state index contributed by atoms with van der Waals surface area (Å²) in [6.45, 7) is 9.63. The van der Waals surface area contributed by atoms with Crippen LogP contribution in [0.2, 0.25) is 0 Å². The Hall–Kier alpha value is -2.37. The van der Waals surface area contributed by atoms with E-state index in [4.69, 9.17) is 4.74 Å². The van der Waals surface area contributed by atoms with Crippen LogP contribution in [0.5, 0.6) is 5.75 Å². The molecule has 5 heteroatoms. The van der Waals surface area contributed by atoms with Crippen LogP contribution in [0.15, 0.2) is 48.5 Å². The van der Waals surface area contributed by atoms with Gasteiger partial charge in [-0.1, -0.05) is 36.4 Å². The van der Waals surface area contributed by atoms with Gasteiger partial charge < -0.3 is 10.1 Å². The molecule has 0 unspecified atom stereocenters. The van der Waals surface area contributed by atoms with E-state index in [0.717, 1.165) is 44.8 Å². The van der Waals surface area contributed by atoms with Crippen LogP contribution in [0.25, 0.3) is 0 Å². The number of rotatable bonds is 9. The Morgan fingerprint density at radius 1 is 0.906 bits per heavy atom. The number of nitrogens with one attached hydrogen (secondary N) is 1. The average Bonchev–Trinajstić information content (AvgIpc) is 3.32. The van der Waals surface area contributed by atoms with E-state index < -0.39 is 0 Å². The van der Waals surface area contributed by atoms with Crippen LogP contribution in [-0.2, 0) is 24.4 Å². The van der Waals surface area contributed by atoms with Gasteiger partial charge in [-0.3, -0.25) is 14.6 Å². The van der Waals surface area contributed by atoms with E-state index in [0.29, 0.717) is 13.2 Å². The summed E-state index contributed by atoms with van der Waals surface area (Å²) in [5.41, 5.74) is 3.81. The number of carbonyl (C=O) groups is 1. The second-order valence-corrected chi connectivity index (χ2v) is 9.15. The molecular formula is C27H37N3O2. The summed E-state index contributed by atoms with van der Waals surface area (Å²) in [4.78, 5) is 17.6. The standard InChI is InChI=1S/C27H37N3O2/c1-2-32-26-7-5-6-24(18-26)21-30-16-12-25(13-17-30)27(31)28-19-22-8-10-23(11-9-22)20-29-14-3-4-15-29/h5-11,18,25H,2-4,12-17,19-21H2,1H3,(H,28,31). The molecule has 4 rings (SSSR count). The Morgan fingerprint density at radius 3 is 2.28 bits per heavy atom. The normalized spacial score (nSPS) is 18.0. The minimum atomic E-state index is 0.121. The molecule has 2 fully saturated rings. The first kappa shape index (κ1) is 22.8. The zero-order chi connectivity index (χ0) is 22.2. The summed E-state index contributed by atoms with van der Waals surface area (Å²) in [6.07, 6.45) is 4.49. The van der Waals surface area contributed by atoms with Crippen molar-refractivity contribution in [3.05, 3.63) is 65.2 Å². The predicted molar refractivity (Wildman–Crippen MR) is 128 cm³/mol. The van der Waals surface area contributed by atoms with Gasteiger partial charge in [0.2, 0.25) is 5.91 Å². The molecule has 1 amide bonds. The van der Waals surface area contributed by atoms with Crippen molar-refractivity contribution in [2.75, 3.05) is 32.8 Å². The molecule has 0 spiro atoms. The smallest absolute Gasteiger partial charge is 0.223 e. The van der Waals surface area contributed by atoms with Crippen molar-refractivity contribution in [1.29, 1.82) is 0 Å². The lowest BCUT2D eigenvalue weighted by atomic mass is 9.95. The summed E-state index contributed by atoms with van der Waals surface area (Å²) in [6, 6.07) is 17.1. The average molecular weight is 436 g/mol. The molecule has 0 radical (unpaired) electrons. The quantitative estimate of drug-likeness (QED) is 0.641. The molecule has 2 aromatic carbocycles. The molecule has 2 aromatic rings. The Morgan fingerprint density at radius 2 is 1.56 bits per heavy atom. The Balaban J connectivity index is 1.18. The van der Waals surface area contributed by atoms with Gasteiger partial charge >= 0.3 is 0 Å². The van der Waals surface area contributed by atoms with Gasteiger partial charge in [-0.25, -0.2) is 0 Å². The van der Waals surface area contributed by atoms with Crippen molar-refractivity contribution in [3.63, 3.8) is 0 Å². The lowest BCUT2D eigenvalue weighted by molar-refractivity contribution is -0.126. The SMILES string of the molecule is CCOc1cccc(CN2CCC(C(=O)NCc3ccc(CN4CCCC4)cc3)CC2)c1. The van der Waals surface area contributed by atoms with Crippen LogP contribution < -0.4 is 10.1 Å². The summed E-state index contributed by atoms with van der Waals surface area (Å²) in [5, 5.41) is 3.16. The molecule has 5 nitrogen and oxygen atoms in total. The van der Waals surface area contributed by atoms with Gasteiger partial charge in [0.05, 0.1) is 6.61 Å². The molecule has 2 saturated heterocycles. The second-order valence-electron chi connectivity index (χ2n) is 9.15. The van der Waals surface area contributed by atoms with E-state index in [1.807, 2.05) is 13.0 Å². The number of ether oxygens (including phenoxy) is 1. The minimum absolute atomic E-state index is 0.121. The molecule has 0 aromatic heterocycles. The van der Waals surface area contributed by atoms with Crippen molar-refractivity contribution in [2.24, 2.45) is 5.92 Å². The van der Waals surface area contributed by atoms with E-state index in [1.165, 1.54) is 42.6 Å². The molecule has 2 aliphatic heterocycles. The zero-order valence-corrected chi connectivity index (χ0v) is 19.4. The molecular weight excluding hydrogens is 398 g/mol. The largest absolute Gasteiger partial charge is 0.494 e. The summed E-state index contributed by atoms with van der Waals surface area (Å²) >= 11 is 0. The fourth-order valence-electron chi connectivity index (χ4n) is 4.81. The van der Waals surface area contributed by atoms with Crippen LogP contribution in [0.3, 0.4) is 0 Å². The third kappa shape index (κ3) is 6.57. The van der Waals surface area contributed by atoms with Gasteiger partial charge in [0.25, 0.3) is 0 Å².